The maximum absolute atomic E-state index is 14.0. The fraction of sp³-hybridized carbons (Fsp3) is 0.424. The Bertz CT molecular complexity index is 1660. The van der Waals surface area contributed by atoms with Crippen LogP contribution in [0.1, 0.15) is 72.0 Å². The summed E-state index contributed by atoms with van der Waals surface area (Å²) in [6.45, 7) is 15.3. The molecule has 2 aromatic carbocycles. The van der Waals surface area contributed by atoms with Crippen molar-refractivity contribution in [3.63, 3.8) is 0 Å². The maximum Gasteiger partial charge on any atom is 0.123 e. The van der Waals surface area contributed by atoms with Crippen LogP contribution in [0.4, 0.5) is 15.8 Å². The zero-order valence-electron chi connectivity index (χ0n) is 26.6. The number of nitriles is 2. The van der Waals surface area contributed by atoms with Crippen molar-refractivity contribution in [3.8, 4) is 12.1 Å². The van der Waals surface area contributed by atoms with Gasteiger partial charge in [0.05, 0.1) is 35.4 Å². The first-order valence-electron chi connectivity index (χ1n) is 15.0. The lowest BCUT2D eigenvalue weighted by Crippen LogP contribution is -2.38. The van der Waals surface area contributed by atoms with Crippen LogP contribution in [0.25, 0.3) is 10.9 Å². The molecule has 0 aliphatic carbocycles. The van der Waals surface area contributed by atoms with E-state index in [4.69, 9.17) is 0 Å². The molecular formula is C33H40FN9. The number of rotatable bonds is 9. The third-order valence-corrected chi connectivity index (χ3v) is 7.58. The molecule has 1 fully saturated rings. The lowest BCUT2D eigenvalue weighted by molar-refractivity contribution is 0.241. The van der Waals surface area contributed by atoms with Crippen LogP contribution in [0.5, 0.6) is 0 Å². The van der Waals surface area contributed by atoms with Gasteiger partial charge in [-0.25, -0.2) is 4.39 Å². The average Bonchev–Trinajstić information content (AvgIpc) is 3.61. The van der Waals surface area contributed by atoms with E-state index in [0.717, 1.165) is 19.5 Å². The smallest absolute Gasteiger partial charge is 0.123 e. The zero-order valence-corrected chi connectivity index (χ0v) is 25.6. The first kappa shape index (κ1) is 28.7. The molecule has 0 amide bonds. The molecule has 3 atom stereocenters. The Morgan fingerprint density at radius 2 is 1.84 bits per heavy atom. The minimum absolute atomic E-state index is 0.0703. The molecular weight excluding hydrogens is 541 g/mol. The lowest BCUT2D eigenvalue weighted by Gasteiger charge is -2.23. The molecule has 4 N–H and O–H groups in total. The number of pyridine rings is 1. The Morgan fingerprint density at radius 1 is 1.12 bits per heavy atom. The standard InChI is InChI=1S/C33H40FN9/c1-32(2,3)20-38-30-23(16-36)17-37-29-22(15-35)13-25(14-27(29)30)39-31(21-7-9-24(34)10-8-21)28-19-42(41-40-28)12-11-26-18-43(26)33(4,5)6/h7-10,13-14,17,19,26,31,39-41H,11-12,18,20H2,1-6H3,(H,37,38)/t26?,31-,43?/m1/s1/i31D. The summed E-state index contributed by atoms with van der Waals surface area (Å²) < 4.78 is 23.7. The van der Waals surface area contributed by atoms with E-state index in [0.29, 0.717) is 57.3 Å². The van der Waals surface area contributed by atoms with Gasteiger partial charge < -0.3 is 16.1 Å². The Labute approximate surface area is 254 Å². The molecule has 2 aliphatic rings. The zero-order chi connectivity index (χ0) is 31.9. The molecule has 2 unspecified atom stereocenters. The van der Waals surface area contributed by atoms with E-state index >= 15 is 0 Å². The second-order valence-corrected chi connectivity index (χ2v) is 13.4. The van der Waals surface area contributed by atoms with Gasteiger partial charge in [0.1, 0.15) is 18.0 Å². The number of halogens is 1. The van der Waals surface area contributed by atoms with E-state index in [1.54, 1.807) is 24.3 Å². The van der Waals surface area contributed by atoms with Crippen LogP contribution >= 0.6 is 0 Å². The molecule has 1 saturated heterocycles. The second kappa shape index (κ2) is 11.7. The molecule has 0 saturated carbocycles. The van der Waals surface area contributed by atoms with Gasteiger partial charge in [-0.3, -0.25) is 14.9 Å². The van der Waals surface area contributed by atoms with Crippen LogP contribution in [-0.4, -0.2) is 46.1 Å². The van der Waals surface area contributed by atoms with Gasteiger partial charge in [-0.1, -0.05) is 32.9 Å². The van der Waals surface area contributed by atoms with E-state index in [9.17, 15) is 16.3 Å². The predicted molar refractivity (Wildman–Crippen MR) is 168 cm³/mol. The number of hydrogen-bond donors (Lipinski definition) is 4. The topological polar surface area (TPSA) is 115 Å². The van der Waals surface area contributed by atoms with Crippen molar-refractivity contribution >= 4 is 22.3 Å². The largest absolute Gasteiger partial charge is 0.383 e. The number of hydrazine groups is 2. The van der Waals surface area contributed by atoms with Crippen LogP contribution in [0.2, 0.25) is 0 Å². The van der Waals surface area contributed by atoms with E-state index in [1.807, 2.05) is 11.2 Å². The minimum atomic E-state index is -1.59. The normalized spacial score (nSPS) is 19.9. The molecule has 1 aromatic heterocycles. The molecule has 0 spiro atoms. The summed E-state index contributed by atoms with van der Waals surface area (Å²) in [4.78, 5) is 6.89. The quantitative estimate of drug-likeness (QED) is 0.234. The van der Waals surface area contributed by atoms with E-state index < -0.39 is 11.8 Å². The number of fused-ring (bicyclic) bond motifs is 1. The van der Waals surface area contributed by atoms with Gasteiger partial charge in [0.15, 0.2) is 0 Å². The van der Waals surface area contributed by atoms with Crippen LogP contribution in [0.3, 0.4) is 0 Å². The number of aromatic nitrogens is 1. The Morgan fingerprint density at radius 3 is 2.47 bits per heavy atom. The summed E-state index contributed by atoms with van der Waals surface area (Å²) >= 11 is 0. The van der Waals surface area contributed by atoms with Crippen LogP contribution in [0.15, 0.2) is 54.5 Å². The highest BCUT2D eigenvalue weighted by Crippen LogP contribution is 2.35. The lowest BCUT2D eigenvalue weighted by atomic mass is 9.96. The molecule has 224 valence electrons. The van der Waals surface area contributed by atoms with Gasteiger partial charge in [-0.2, -0.15) is 10.5 Å². The van der Waals surface area contributed by atoms with Crippen molar-refractivity contribution in [1.82, 2.24) is 25.9 Å². The van der Waals surface area contributed by atoms with Crippen molar-refractivity contribution in [2.75, 3.05) is 30.3 Å². The van der Waals surface area contributed by atoms with Crippen molar-refractivity contribution in [1.29, 1.82) is 10.5 Å². The molecule has 9 nitrogen and oxygen atoms in total. The number of hydrogen-bond acceptors (Lipinski definition) is 9. The summed E-state index contributed by atoms with van der Waals surface area (Å²) in [5, 5.41) is 29.2. The van der Waals surface area contributed by atoms with Gasteiger partial charge in [0.25, 0.3) is 0 Å². The summed E-state index contributed by atoms with van der Waals surface area (Å²) in [5.74, 6) is -0.404. The van der Waals surface area contributed by atoms with Crippen molar-refractivity contribution in [2.45, 2.75) is 65.6 Å². The first-order valence-corrected chi connectivity index (χ1v) is 14.5. The van der Waals surface area contributed by atoms with E-state index in [2.05, 4.69) is 85.2 Å². The Kier molecular flexibility index (Phi) is 7.83. The fourth-order valence-electron chi connectivity index (χ4n) is 5.28. The number of nitrogens with zero attached hydrogens (tertiary/aromatic N) is 5. The Balaban J connectivity index is 1.51. The van der Waals surface area contributed by atoms with Crippen LogP contribution in [0, 0.1) is 33.9 Å². The maximum atomic E-state index is 14.0. The third-order valence-electron chi connectivity index (χ3n) is 7.58. The van der Waals surface area contributed by atoms with Crippen molar-refractivity contribution < 1.29 is 5.76 Å². The monoisotopic (exact) mass is 582 g/mol. The van der Waals surface area contributed by atoms with Gasteiger partial charge >= 0.3 is 0 Å². The van der Waals surface area contributed by atoms with E-state index in [-0.39, 0.29) is 11.0 Å². The number of benzene rings is 2. The molecule has 0 radical (unpaired) electrons. The predicted octanol–water partition coefficient (Wildman–Crippen LogP) is 5.77. The van der Waals surface area contributed by atoms with Gasteiger partial charge in [0, 0.05) is 54.7 Å². The molecule has 3 aromatic rings. The summed E-state index contributed by atoms with van der Waals surface area (Å²) in [7, 11) is 0. The Hall–Kier alpha value is -4.38. The second-order valence-electron chi connectivity index (χ2n) is 13.4. The van der Waals surface area contributed by atoms with Crippen molar-refractivity contribution in [2.24, 2.45) is 5.41 Å². The number of nitrogens with one attached hydrogen (secondary N) is 4. The van der Waals surface area contributed by atoms with Gasteiger partial charge in [0.2, 0.25) is 0 Å². The van der Waals surface area contributed by atoms with Crippen molar-refractivity contribution in [3.05, 3.63) is 77.0 Å². The van der Waals surface area contributed by atoms with Crippen LogP contribution < -0.4 is 21.6 Å². The summed E-state index contributed by atoms with van der Waals surface area (Å²) in [6, 6.07) is 12.6. The third kappa shape index (κ3) is 6.99. The van der Waals surface area contributed by atoms with Gasteiger partial charge in [-0.15, -0.1) is 5.53 Å². The minimum Gasteiger partial charge on any atom is -0.383 e. The average molecular weight is 583 g/mol. The molecule has 0 bridgehead atoms. The molecule has 10 heteroatoms. The summed E-state index contributed by atoms with van der Waals surface area (Å²) in [6.07, 6.45) is 4.29. The molecule has 2 aliphatic heterocycles. The highest BCUT2D eigenvalue weighted by atomic mass is 19.1. The van der Waals surface area contributed by atoms with Gasteiger partial charge in [-0.05, 0) is 62.4 Å². The molecule has 43 heavy (non-hydrogen) atoms. The summed E-state index contributed by atoms with van der Waals surface area (Å²) in [5.41, 5.74) is 9.54. The highest BCUT2D eigenvalue weighted by molar-refractivity contribution is 5.99. The highest BCUT2D eigenvalue weighted by Gasteiger charge is 2.41. The van der Waals surface area contributed by atoms with E-state index in [1.165, 1.54) is 18.3 Å². The first-order chi connectivity index (χ1) is 20.7. The fourth-order valence-corrected chi connectivity index (χ4v) is 5.28. The SMILES string of the molecule is [2H][C@](Nc1cc(C#N)c2ncc(C#N)c(NCC(C)(C)C)c2c1)(C1=CN(CCC2CN2C(C)(C)C)NN1)c1ccc(F)cc1. The number of anilines is 2. The molecule has 5 rings (SSSR count). The van der Waals surface area contributed by atoms with Crippen LogP contribution in [-0.2, 0) is 0 Å². The molecule has 3 heterocycles.